The van der Waals surface area contributed by atoms with Crippen LogP contribution in [0.25, 0.3) is 0 Å². The molecule has 0 aliphatic rings. The highest BCUT2D eigenvalue weighted by atomic mass is 79.9. The van der Waals surface area contributed by atoms with Crippen molar-refractivity contribution in [3.8, 4) is 0 Å². The summed E-state index contributed by atoms with van der Waals surface area (Å²) in [6, 6.07) is 5.78. The van der Waals surface area contributed by atoms with Gasteiger partial charge in [-0.3, -0.25) is 4.79 Å². The van der Waals surface area contributed by atoms with E-state index in [9.17, 15) is 4.79 Å². The maximum atomic E-state index is 11.5. The molecule has 1 aromatic carbocycles. The van der Waals surface area contributed by atoms with Crippen LogP contribution in [0.15, 0.2) is 22.7 Å². The largest absolute Gasteiger partial charge is 0.294 e. The molecule has 0 unspecified atom stereocenters. The number of alkyl halides is 1. The molecule has 0 aliphatic heterocycles. The molecule has 0 amide bonds. The van der Waals surface area contributed by atoms with Crippen LogP contribution >= 0.6 is 31.9 Å². The smallest absolute Gasteiger partial charge is 0.162 e. The van der Waals surface area contributed by atoms with E-state index in [4.69, 9.17) is 0 Å². The third kappa shape index (κ3) is 2.64. The van der Waals surface area contributed by atoms with Crippen LogP contribution in [-0.2, 0) is 5.33 Å². The fourth-order valence-electron chi connectivity index (χ4n) is 1.12. The first-order chi connectivity index (χ1) is 6.19. The van der Waals surface area contributed by atoms with Gasteiger partial charge in [-0.15, -0.1) is 0 Å². The van der Waals surface area contributed by atoms with E-state index in [1.807, 2.05) is 25.1 Å². The molecular formula is C10H10Br2O. The van der Waals surface area contributed by atoms with E-state index in [1.54, 1.807) is 0 Å². The van der Waals surface area contributed by atoms with Gasteiger partial charge in [-0.05, 0) is 17.7 Å². The predicted molar refractivity (Wildman–Crippen MR) is 61.4 cm³/mol. The molecule has 0 saturated heterocycles. The molecule has 3 heteroatoms. The van der Waals surface area contributed by atoms with Gasteiger partial charge in [0.2, 0.25) is 0 Å². The molecule has 1 nitrogen and oxygen atoms in total. The molecule has 0 atom stereocenters. The summed E-state index contributed by atoms with van der Waals surface area (Å²) in [5, 5.41) is 0.724. The van der Waals surface area contributed by atoms with E-state index in [0.29, 0.717) is 6.42 Å². The number of carbonyl (C=O) groups excluding carboxylic acids is 1. The Hall–Kier alpha value is -0.150. The van der Waals surface area contributed by atoms with E-state index in [0.717, 1.165) is 20.9 Å². The lowest BCUT2D eigenvalue weighted by Crippen LogP contribution is -2.00. The van der Waals surface area contributed by atoms with Crippen LogP contribution in [-0.4, -0.2) is 5.78 Å². The maximum Gasteiger partial charge on any atom is 0.162 e. The second-order valence-electron chi connectivity index (χ2n) is 2.71. The standard InChI is InChI=1S/C10H10Br2O/c1-2-10(13)9-5-8(12)4-3-7(9)6-11/h3-5H,2,6H2,1H3. The van der Waals surface area contributed by atoms with Crippen LogP contribution in [0.5, 0.6) is 0 Å². The molecule has 0 N–H and O–H groups in total. The molecule has 0 aromatic heterocycles. The minimum absolute atomic E-state index is 0.191. The Morgan fingerprint density at radius 1 is 1.46 bits per heavy atom. The number of carbonyl (C=O) groups is 1. The predicted octanol–water partition coefficient (Wildman–Crippen LogP) is 3.94. The van der Waals surface area contributed by atoms with Crippen LogP contribution in [0, 0.1) is 0 Å². The number of hydrogen-bond donors (Lipinski definition) is 0. The van der Waals surface area contributed by atoms with Gasteiger partial charge >= 0.3 is 0 Å². The summed E-state index contributed by atoms with van der Waals surface area (Å²) in [4.78, 5) is 11.5. The first-order valence-electron chi connectivity index (χ1n) is 4.06. The van der Waals surface area contributed by atoms with E-state index >= 15 is 0 Å². The van der Waals surface area contributed by atoms with Crippen molar-refractivity contribution in [2.45, 2.75) is 18.7 Å². The van der Waals surface area contributed by atoms with Crippen molar-refractivity contribution in [2.24, 2.45) is 0 Å². The van der Waals surface area contributed by atoms with E-state index in [2.05, 4.69) is 31.9 Å². The number of hydrogen-bond acceptors (Lipinski definition) is 1. The molecule has 0 spiro atoms. The molecule has 0 radical (unpaired) electrons. The average molecular weight is 306 g/mol. The lowest BCUT2D eigenvalue weighted by atomic mass is 10.0. The number of rotatable bonds is 3. The number of Topliss-reactive ketones (excluding diaryl/α,β-unsaturated/α-hetero) is 1. The Balaban J connectivity index is 3.15. The minimum Gasteiger partial charge on any atom is -0.294 e. The summed E-state index contributed by atoms with van der Waals surface area (Å²) in [6.45, 7) is 1.88. The van der Waals surface area contributed by atoms with Crippen molar-refractivity contribution in [3.63, 3.8) is 0 Å². The molecular weight excluding hydrogens is 296 g/mol. The first-order valence-corrected chi connectivity index (χ1v) is 5.98. The Labute approximate surface area is 94.8 Å². The zero-order valence-electron chi connectivity index (χ0n) is 7.31. The highest BCUT2D eigenvalue weighted by Crippen LogP contribution is 2.20. The van der Waals surface area contributed by atoms with Crippen molar-refractivity contribution in [3.05, 3.63) is 33.8 Å². The van der Waals surface area contributed by atoms with Crippen LogP contribution in [0.1, 0.15) is 29.3 Å². The Bertz CT molecular complexity index is 321. The molecule has 13 heavy (non-hydrogen) atoms. The second-order valence-corrected chi connectivity index (χ2v) is 4.19. The van der Waals surface area contributed by atoms with Crippen molar-refractivity contribution in [1.82, 2.24) is 0 Å². The van der Waals surface area contributed by atoms with Crippen molar-refractivity contribution >= 4 is 37.6 Å². The SMILES string of the molecule is CCC(=O)c1cc(Br)ccc1CBr. The summed E-state index contributed by atoms with van der Waals surface area (Å²) in [5.41, 5.74) is 1.86. The van der Waals surface area contributed by atoms with Gasteiger partial charge in [0.1, 0.15) is 0 Å². The van der Waals surface area contributed by atoms with Gasteiger partial charge in [0.05, 0.1) is 0 Å². The number of halogens is 2. The van der Waals surface area contributed by atoms with Gasteiger partial charge in [0.15, 0.2) is 5.78 Å². The highest BCUT2D eigenvalue weighted by Gasteiger charge is 2.08. The molecule has 0 saturated carbocycles. The normalized spacial score (nSPS) is 10.1. The summed E-state index contributed by atoms with van der Waals surface area (Å²) >= 11 is 6.72. The lowest BCUT2D eigenvalue weighted by molar-refractivity contribution is 0.0987. The van der Waals surface area contributed by atoms with Gasteiger partial charge in [0, 0.05) is 21.8 Å². The Morgan fingerprint density at radius 2 is 2.15 bits per heavy atom. The first kappa shape index (κ1) is 10.9. The van der Waals surface area contributed by atoms with E-state index in [1.165, 1.54) is 0 Å². The second kappa shape index (κ2) is 4.91. The summed E-state index contributed by atoms with van der Waals surface area (Å²) in [5.74, 6) is 0.191. The average Bonchev–Trinajstić information content (AvgIpc) is 2.16. The van der Waals surface area contributed by atoms with E-state index < -0.39 is 0 Å². The minimum atomic E-state index is 0.191. The topological polar surface area (TPSA) is 17.1 Å². The summed E-state index contributed by atoms with van der Waals surface area (Å²) < 4.78 is 0.953. The van der Waals surface area contributed by atoms with Gasteiger partial charge < -0.3 is 0 Å². The third-order valence-electron chi connectivity index (χ3n) is 1.84. The van der Waals surface area contributed by atoms with Crippen molar-refractivity contribution in [1.29, 1.82) is 0 Å². The summed E-state index contributed by atoms with van der Waals surface area (Å²) in [7, 11) is 0. The highest BCUT2D eigenvalue weighted by molar-refractivity contribution is 9.10. The summed E-state index contributed by atoms with van der Waals surface area (Å²) in [6.07, 6.45) is 0.552. The van der Waals surface area contributed by atoms with Gasteiger partial charge in [0.25, 0.3) is 0 Å². The fourth-order valence-corrected chi connectivity index (χ4v) is 1.97. The molecule has 0 heterocycles. The van der Waals surface area contributed by atoms with Gasteiger partial charge in [-0.1, -0.05) is 44.8 Å². The van der Waals surface area contributed by atoms with E-state index in [-0.39, 0.29) is 5.78 Å². The number of ketones is 1. The number of benzene rings is 1. The van der Waals surface area contributed by atoms with Crippen molar-refractivity contribution < 1.29 is 4.79 Å². The maximum absolute atomic E-state index is 11.5. The van der Waals surface area contributed by atoms with Crippen molar-refractivity contribution in [2.75, 3.05) is 0 Å². The molecule has 70 valence electrons. The monoisotopic (exact) mass is 304 g/mol. The van der Waals surface area contributed by atoms with Crippen LogP contribution in [0.2, 0.25) is 0 Å². The van der Waals surface area contributed by atoms with Crippen LogP contribution < -0.4 is 0 Å². The van der Waals surface area contributed by atoms with Crippen LogP contribution in [0.3, 0.4) is 0 Å². The quantitative estimate of drug-likeness (QED) is 0.611. The molecule has 0 fully saturated rings. The van der Waals surface area contributed by atoms with Gasteiger partial charge in [-0.25, -0.2) is 0 Å². The zero-order chi connectivity index (χ0) is 9.84. The Kier molecular flexibility index (Phi) is 4.13. The van der Waals surface area contributed by atoms with Gasteiger partial charge in [-0.2, -0.15) is 0 Å². The zero-order valence-corrected chi connectivity index (χ0v) is 10.5. The third-order valence-corrected chi connectivity index (χ3v) is 2.93. The fraction of sp³-hybridized carbons (Fsp3) is 0.300. The molecule has 0 bridgehead atoms. The lowest BCUT2D eigenvalue weighted by Gasteiger charge is -2.05. The molecule has 1 aromatic rings. The Morgan fingerprint density at radius 3 is 2.69 bits per heavy atom. The molecule has 1 rings (SSSR count). The molecule has 0 aliphatic carbocycles. The van der Waals surface area contributed by atoms with Crippen LogP contribution in [0.4, 0.5) is 0 Å².